The molecule has 0 aromatic heterocycles. The molecular formula is C21H28F2N2O3. The lowest BCUT2D eigenvalue weighted by molar-refractivity contribution is -0.151. The van der Waals surface area contributed by atoms with Gasteiger partial charge in [-0.3, -0.25) is 14.6 Å². The van der Waals surface area contributed by atoms with Crippen LogP contribution in [0, 0.1) is 17.0 Å². The molecule has 3 aliphatic heterocycles. The number of nitrogens with zero attached hydrogens (tertiary/aromatic N) is 2. The van der Waals surface area contributed by atoms with E-state index in [4.69, 9.17) is 4.74 Å². The van der Waals surface area contributed by atoms with Crippen molar-refractivity contribution in [2.24, 2.45) is 5.41 Å². The average molecular weight is 394 g/mol. The van der Waals surface area contributed by atoms with E-state index < -0.39 is 17.0 Å². The van der Waals surface area contributed by atoms with Crippen molar-refractivity contribution in [3.8, 4) is 0 Å². The van der Waals surface area contributed by atoms with Crippen LogP contribution in [0.1, 0.15) is 37.7 Å². The Balaban J connectivity index is 1.29. The summed E-state index contributed by atoms with van der Waals surface area (Å²) in [5.41, 5.74) is 0.346. The molecule has 1 N–H and O–H groups in total. The number of ether oxygens (including phenoxy) is 1. The third kappa shape index (κ3) is 4.21. The van der Waals surface area contributed by atoms with Crippen LogP contribution in [-0.2, 0) is 16.1 Å². The maximum absolute atomic E-state index is 13.4. The van der Waals surface area contributed by atoms with E-state index in [2.05, 4.69) is 9.80 Å². The zero-order chi connectivity index (χ0) is 19.7. The molecule has 1 aromatic rings. The van der Waals surface area contributed by atoms with E-state index in [1.165, 1.54) is 6.07 Å². The van der Waals surface area contributed by atoms with Crippen molar-refractivity contribution >= 4 is 5.97 Å². The minimum Gasteiger partial charge on any atom is -0.461 e. The average Bonchev–Trinajstić information content (AvgIpc) is 2.97. The van der Waals surface area contributed by atoms with Crippen LogP contribution in [0.15, 0.2) is 18.2 Å². The van der Waals surface area contributed by atoms with Gasteiger partial charge in [-0.25, -0.2) is 8.78 Å². The van der Waals surface area contributed by atoms with Crippen molar-refractivity contribution in [2.45, 2.75) is 50.9 Å². The Hall–Kier alpha value is -1.57. The fraction of sp³-hybridized carbons (Fsp3) is 0.667. The van der Waals surface area contributed by atoms with Gasteiger partial charge in [0.05, 0.1) is 11.5 Å². The maximum atomic E-state index is 13.4. The highest BCUT2D eigenvalue weighted by Gasteiger charge is 2.50. The van der Waals surface area contributed by atoms with Crippen LogP contribution in [0.25, 0.3) is 0 Å². The van der Waals surface area contributed by atoms with Gasteiger partial charge in [0.15, 0.2) is 11.6 Å². The predicted molar refractivity (Wildman–Crippen MR) is 99.5 cm³/mol. The zero-order valence-electron chi connectivity index (χ0n) is 16.1. The van der Waals surface area contributed by atoms with E-state index in [0.717, 1.165) is 76.5 Å². The van der Waals surface area contributed by atoms with E-state index in [0.29, 0.717) is 6.54 Å². The number of aliphatic hydroxyl groups is 1. The number of hydrogen-bond acceptors (Lipinski definition) is 5. The summed E-state index contributed by atoms with van der Waals surface area (Å²) in [5, 5.41) is 9.63. The first-order valence-corrected chi connectivity index (χ1v) is 10.2. The van der Waals surface area contributed by atoms with Gasteiger partial charge in [-0.2, -0.15) is 0 Å². The molecule has 28 heavy (non-hydrogen) atoms. The maximum Gasteiger partial charge on any atom is 0.312 e. The Labute approximate surface area is 164 Å². The van der Waals surface area contributed by atoms with Crippen molar-refractivity contribution in [3.63, 3.8) is 0 Å². The van der Waals surface area contributed by atoms with Crippen LogP contribution in [0.5, 0.6) is 0 Å². The largest absolute Gasteiger partial charge is 0.461 e. The summed E-state index contributed by atoms with van der Waals surface area (Å²) in [6, 6.07) is 4.02. The lowest BCUT2D eigenvalue weighted by atomic mass is 9.76. The summed E-state index contributed by atoms with van der Waals surface area (Å²) in [6.45, 7) is 4.50. The smallest absolute Gasteiger partial charge is 0.312 e. The quantitative estimate of drug-likeness (QED) is 0.795. The number of likely N-dealkylation sites (tertiary alicyclic amines) is 2. The second kappa shape index (κ2) is 8.05. The summed E-state index contributed by atoms with van der Waals surface area (Å²) >= 11 is 0. The third-order valence-electron chi connectivity index (χ3n) is 6.55. The molecule has 3 fully saturated rings. The first kappa shape index (κ1) is 19.7. The molecular weight excluding hydrogens is 366 g/mol. The molecule has 1 aromatic carbocycles. The van der Waals surface area contributed by atoms with Crippen LogP contribution in [0.4, 0.5) is 8.78 Å². The molecule has 5 nitrogen and oxygen atoms in total. The number of aliphatic hydroxyl groups excluding tert-OH is 1. The lowest BCUT2D eigenvalue weighted by Crippen LogP contribution is -2.42. The first-order chi connectivity index (χ1) is 13.4. The standard InChI is InChI=1S/C21H28F2N2O3/c22-18-2-1-15(11-19(18)23)13-25-9-5-21(6-10-25)12-17(28-20(21)27)14-24-7-3-16(26)4-8-24/h1-2,11,16-17,26H,3-10,12-14H2. The molecule has 3 heterocycles. The Kier molecular flexibility index (Phi) is 5.67. The summed E-state index contributed by atoms with van der Waals surface area (Å²) < 4.78 is 32.2. The molecule has 3 aliphatic rings. The van der Waals surface area contributed by atoms with Crippen LogP contribution >= 0.6 is 0 Å². The van der Waals surface area contributed by atoms with Gasteiger partial charge in [0.2, 0.25) is 0 Å². The lowest BCUT2D eigenvalue weighted by Gasteiger charge is -2.36. The van der Waals surface area contributed by atoms with Gasteiger partial charge in [0, 0.05) is 32.6 Å². The minimum atomic E-state index is -0.829. The number of hydrogen-bond donors (Lipinski definition) is 1. The molecule has 4 rings (SSSR count). The predicted octanol–water partition coefficient (Wildman–Crippen LogP) is 2.32. The molecule has 0 amide bonds. The highest BCUT2D eigenvalue weighted by atomic mass is 19.2. The Morgan fingerprint density at radius 3 is 2.46 bits per heavy atom. The van der Waals surface area contributed by atoms with Gasteiger partial charge < -0.3 is 9.84 Å². The van der Waals surface area contributed by atoms with Crippen LogP contribution in [0.3, 0.4) is 0 Å². The van der Waals surface area contributed by atoms with Crippen molar-refractivity contribution in [1.29, 1.82) is 0 Å². The van der Waals surface area contributed by atoms with E-state index in [1.54, 1.807) is 6.07 Å². The second-order valence-corrected chi connectivity index (χ2v) is 8.57. The highest BCUT2D eigenvalue weighted by molar-refractivity contribution is 5.79. The Bertz CT molecular complexity index is 714. The fourth-order valence-corrected chi connectivity index (χ4v) is 4.77. The van der Waals surface area contributed by atoms with E-state index in [9.17, 15) is 18.7 Å². The molecule has 154 valence electrons. The normalized spacial score (nSPS) is 26.7. The molecule has 7 heteroatoms. The second-order valence-electron chi connectivity index (χ2n) is 8.57. The highest BCUT2D eigenvalue weighted by Crippen LogP contribution is 2.43. The van der Waals surface area contributed by atoms with Crippen LogP contribution in [-0.4, -0.2) is 65.8 Å². The Morgan fingerprint density at radius 2 is 1.79 bits per heavy atom. The van der Waals surface area contributed by atoms with Gasteiger partial charge in [0.25, 0.3) is 0 Å². The molecule has 1 spiro atoms. The van der Waals surface area contributed by atoms with Crippen molar-refractivity contribution in [1.82, 2.24) is 9.80 Å². The van der Waals surface area contributed by atoms with E-state index in [1.807, 2.05) is 0 Å². The van der Waals surface area contributed by atoms with Crippen molar-refractivity contribution in [3.05, 3.63) is 35.4 Å². The van der Waals surface area contributed by atoms with Gasteiger partial charge in [-0.15, -0.1) is 0 Å². The number of cyclic esters (lactones) is 1. The third-order valence-corrected chi connectivity index (χ3v) is 6.55. The monoisotopic (exact) mass is 394 g/mol. The number of carbonyl (C=O) groups is 1. The van der Waals surface area contributed by atoms with Crippen molar-refractivity contribution < 1.29 is 23.4 Å². The van der Waals surface area contributed by atoms with Gasteiger partial charge >= 0.3 is 5.97 Å². The molecule has 0 aliphatic carbocycles. The zero-order valence-corrected chi connectivity index (χ0v) is 16.1. The summed E-state index contributed by atoms with van der Waals surface area (Å²) in [4.78, 5) is 17.1. The molecule has 1 atom stereocenters. The van der Waals surface area contributed by atoms with E-state index in [-0.39, 0.29) is 18.2 Å². The molecule has 0 saturated carbocycles. The number of piperidine rings is 2. The Morgan fingerprint density at radius 1 is 1.07 bits per heavy atom. The number of benzene rings is 1. The molecule has 0 bridgehead atoms. The number of rotatable bonds is 4. The van der Waals surface area contributed by atoms with Gasteiger partial charge in [0.1, 0.15) is 6.10 Å². The molecule has 1 unspecified atom stereocenters. The topological polar surface area (TPSA) is 53.0 Å². The van der Waals surface area contributed by atoms with E-state index >= 15 is 0 Å². The van der Waals surface area contributed by atoms with Crippen molar-refractivity contribution in [2.75, 3.05) is 32.7 Å². The SMILES string of the molecule is O=C1OC(CN2CCC(O)CC2)CC12CCN(Cc1ccc(F)c(F)c1)CC2. The van der Waals surface area contributed by atoms with Crippen LogP contribution in [0.2, 0.25) is 0 Å². The van der Waals surface area contributed by atoms with Crippen LogP contribution < -0.4 is 0 Å². The molecule has 0 radical (unpaired) electrons. The number of esters is 1. The number of halogens is 2. The molecule has 3 saturated heterocycles. The summed E-state index contributed by atoms with van der Waals surface area (Å²) in [5.74, 6) is -1.73. The summed E-state index contributed by atoms with van der Waals surface area (Å²) in [7, 11) is 0. The fourth-order valence-electron chi connectivity index (χ4n) is 4.77. The first-order valence-electron chi connectivity index (χ1n) is 10.2. The van der Waals surface area contributed by atoms with Gasteiger partial charge in [-0.1, -0.05) is 6.07 Å². The minimum absolute atomic E-state index is 0.0690. The summed E-state index contributed by atoms with van der Waals surface area (Å²) in [6.07, 6.45) is 3.53. The number of carbonyl (C=O) groups excluding carboxylic acids is 1. The van der Waals surface area contributed by atoms with Gasteiger partial charge in [-0.05, 0) is 56.5 Å².